The van der Waals surface area contributed by atoms with Crippen LogP contribution in [0.4, 0.5) is 0 Å². The van der Waals surface area contributed by atoms with Gasteiger partial charge in [0.15, 0.2) is 0 Å². The van der Waals surface area contributed by atoms with Crippen molar-refractivity contribution >= 4 is 25.3 Å². The summed E-state index contributed by atoms with van der Waals surface area (Å²) in [4.78, 5) is 11.2. The number of amides is 1. The number of nitrogens with one attached hydrogen (secondary N) is 1. The number of nitrogens with zero attached hydrogens (tertiary/aromatic N) is 1. The molecule has 0 bridgehead atoms. The first-order valence-electron chi connectivity index (χ1n) is 6.40. The second-order valence-corrected chi connectivity index (χ2v) is 7.07. The standard InChI is InChI=1S/C14H20N2OSe/c1-11-8-9-13(16(11)15-12(2)17)10-18-14-6-4-3-5-7-14/h3-7,11,13H,8-10H2,1-2H3,(H,15,17). The molecule has 0 aliphatic carbocycles. The van der Waals surface area contributed by atoms with E-state index in [0.29, 0.717) is 27.0 Å². The van der Waals surface area contributed by atoms with Gasteiger partial charge in [-0.3, -0.25) is 0 Å². The van der Waals surface area contributed by atoms with Crippen molar-refractivity contribution in [3.8, 4) is 0 Å². The molecule has 0 aromatic heterocycles. The van der Waals surface area contributed by atoms with Crippen LogP contribution in [0.3, 0.4) is 0 Å². The number of carbonyl (C=O) groups is 1. The quantitative estimate of drug-likeness (QED) is 0.851. The van der Waals surface area contributed by atoms with E-state index in [4.69, 9.17) is 0 Å². The zero-order valence-corrected chi connectivity index (χ0v) is 12.6. The molecule has 18 heavy (non-hydrogen) atoms. The molecule has 1 aliphatic heterocycles. The first-order valence-corrected chi connectivity index (χ1v) is 8.47. The monoisotopic (exact) mass is 312 g/mol. The fourth-order valence-electron chi connectivity index (χ4n) is 2.33. The second-order valence-electron chi connectivity index (χ2n) is 4.78. The van der Waals surface area contributed by atoms with Gasteiger partial charge >= 0.3 is 115 Å². The van der Waals surface area contributed by atoms with Gasteiger partial charge in [-0.25, -0.2) is 0 Å². The molecule has 1 fully saturated rings. The van der Waals surface area contributed by atoms with Crippen LogP contribution in [0, 0.1) is 0 Å². The average Bonchev–Trinajstić information content (AvgIpc) is 2.69. The zero-order valence-electron chi connectivity index (χ0n) is 10.9. The van der Waals surface area contributed by atoms with E-state index in [0.717, 1.165) is 0 Å². The average molecular weight is 311 g/mol. The molecular weight excluding hydrogens is 291 g/mol. The summed E-state index contributed by atoms with van der Waals surface area (Å²) in [6.45, 7) is 3.77. The molecule has 1 heterocycles. The van der Waals surface area contributed by atoms with E-state index in [-0.39, 0.29) is 5.91 Å². The van der Waals surface area contributed by atoms with Crippen LogP contribution in [-0.4, -0.2) is 38.0 Å². The summed E-state index contributed by atoms with van der Waals surface area (Å²) in [6, 6.07) is 11.6. The number of rotatable bonds is 4. The number of hydrogen-bond acceptors (Lipinski definition) is 2. The summed E-state index contributed by atoms with van der Waals surface area (Å²) < 4.78 is 1.44. The Morgan fingerprint density at radius 3 is 2.78 bits per heavy atom. The Kier molecular flexibility index (Phi) is 4.81. The molecule has 0 radical (unpaired) electrons. The van der Waals surface area contributed by atoms with Gasteiger partial charge in [-0.05, 0) is 0 Å². The van der Waals surface area contributed by atoms with Crippen LogP contribution in [-0.2, 0) is 4.79 Å². The van der Waals surface area contributed by atoms with Gasteiger partial charge in [-0.15, -0.1) is 0 Å². The van der Waals surface area contributed by atoms with Crippen molar-refractivity contribution in [2.75, 3.05) is 0 Å². The van der Waals surface area contributed by atoms with Gasteiger partial charge in [-0.2, -0.15) is 0 Å². The van der Waals surface area contributed by atoms with Gasteiger partial charge in [0.2, 0.25) is 0 Å². The topological polar surface area (TPSA) is 32.3 Å². The van der Waals surface area contributed by atoms with Crippen molar-refractivity contribution in [1.29, 1.82) is 0 Å². The van der Waals surface area contributed by atoms with Crippen LogP contribution in [0.2, 0.25) is 5.32 Å². The van der Waals surface area contributed by atoms with Crippen LogP contribution in [0.15, 0.2) is 30.3 Å². The Morgan fingerprint density at radius 2 is 2.11 bits per heavy atom. The zero-order chi connectivity index (χ0) is 13.0. The van der Waals surface area contributed by atoms with Crippen LogP contribution in [0.5, 0.6) is 0 Å². The predicted octanol–water partition coefficient (Wildman–Crippen LogP) is 1.34. The molecular formula is C14H20N2OSe. The van der Waals surface area contributed by atoms with Gasteiger partial charge in [0.1, 0.15) is 0 Å². The fourth-order valence-corrected chi connectivity index (χ4v) is 4.56. The molecule has 98 valence electrons. The summed E-state index contributed by atoms with van der Waals surface area (Å²) in [5.74, 6) is 0.0426. The van der Waals surface area contributed by atoms with Crippen LogP contribution in [0.1, 0.15) is 26.7 Å². The van der Waals surface area contributed by atoms with E-state index in [1.54, 1.807) is 6.92 Å². The molecule has 0 saturated carbocycles. The summed E-state index contributed by atoms with van der Waals surface area (Å²) >= 11 is 0.493. The van der Waals surface area contributed by atoms with Gasteiger partial charge in [-0.1, -0.05) is 0 Å². The normalized spacial score (nSPS) is 24.1. The van der Waals surface area contributed by atoms with E-state index < -0.39 is 0 Å². The second kappa shape index (κ2) is 6.37. The molecule has 1 amide bonds. The van der Waals surface area contributed by atoms with Crippen molar-refractivity contribution in [2.24, 2.45) is 0 Å². The summed E-state index contributed by atoms with van der Waals surface area (Å²) in [5.41, 5.74) is 2.98. The predicted molar refractivity (Wildman–Crippen MR) is 74.8 cm³/mol. The molecule has 2 unspecified atom stereocenters. The summed E-state index contributed by atoms with van der Waals surface area (Å²) in [6.07, 6.45) is 2.37. The Labute approximate surface area is 115 Å². The van der Waals surface area contributed by atoms with Gasteiger partial charge in [0, 0.05) is 0 Å². The minimum atomic E-state index is 0.0426. The Morgan fingerprint density at radius 1 is 1.39 bits per heavy atom. The summed E-state index contributed by atoms with van der Waals surface area (Å²) in [5, 5.41) is 3.33. The molecule has 1 aromatic rings. The van der Waals surface area contributed by atoms with Crippen LogP contribution in [0.25, 0.3) is 0 Å². The molecule has 3 nitrogen and oxygen atoms in total. The molecule has 1 N–H and O–H groups in total. The van der Waals surface area contributed by atoms with Gasteiger partial charge in [0.25, 0.3) is 0 Å². The van der Waals surface area contributed by atoms with E-state index >= 15 is 0 Å². The SMILES string of the molecule is CC(=O)NN1C(C)CCC1C[Se]c1ccccc1. The third-order valence-corrected chi connectivity index (χ3v) is 5.69. The molecule has 2 atom stereocenters. The van der Waals surface area contributed by atoms with Crippen molar-refractivity contribution in [2.45, 2.75) is 44.1 Å². The van der Waals surface area contributed by atoms with Crippen molar-refractivity contribution < 1.29 is 4.79 Å². The first-order chi connectivity index (χ1) is 8.66. The van der Waals surface area contributed by atoms with Crippen molar-refractivity contribution in [3.63, 3.8) is 0 Å². The van der Waals surface area contributed by atoms with Crippen LogP contribution < -0.4 is 9.89 Å². The van der Waals surface area contributed by atoms with Crippen molar-refractivity contribution in [3.05, 3.63) is 30.3 Å². The third-order valence-electron chi connectivity index (χ3n) is 3.26. The molecule has 1 aromatic carbocycles. The maximum absolute atomic E-state index is 11.2. The van der Waals surface area contributed by atoms with E-state index in [9.17, 15) is 4.79 Å². The Hall–Kier alpha value is -0.831. The maximum atomic E-state index is 11.2. The Bertz CT molecular complexity index is 396. The molecule has 1 saturated heterocycles. The molecule has 1 aliphatic rings. The number of carbonyl (C=O) groups excluding carboxylic acids is 1. The molecule has 4 heteroatoms. The minimum absolute atomic E-state index is 0.0426. The third kappa shape index (κ3) is 3.58. The van der Waals surface area contributed by atoms with Gasteiger partial charge < -0.3 is 0 Å². The van der Waals surface area contributed by atoms with Crippen molar-refractivity contribution in [1.82, 2.24) is 10.4 Å². The first kappa shape index (κ1) is 13.6. The Balaban J connectivity index is 1.90. The number of benzene rings is 1. The number of hydrazine groups is 1. The number of hydrogen-bond donors (Lipinski definition) is 1. The summed E-state index contributed by atoms with van der Waals surface area (Å²) in [7, 11) is 0. The van der Waals surface area contributed by atoms with E-state index in [2.05, 4.69) is 47.7 Å². The molecule has 0 spiro atoms. The fraction of sp³-hybridized carbons (Fsp3) is 0.500. The van der Waals surface area contributed by atoms with Crippen LogP contribution >= 0.6 is 0 Å². The van der Waals surface area contributed by atoms with Gasteiger partial charge in [0.05, 0.1) is 0 Å². The molecule has 2 rings (SSSR count). The van der Waals surface area contributed by atoms with E-state index in [1.165, 1.54) is 22.6 Å². The van der Waals surface area contributed by atoms with E-state index in [1.807, 2.05) is 0 Å².